The second kappa shape index (κ2) is 15.0. The average Bonchev–Trinajstić information content (AvgIpc) is 2.31. The third kappa shape index (κ3) is 26.5. The fourth-order valence-electron chi connectivity index (χ4n) is 1.05. The molecule has 0 heterocycles. The number of hydrogen-bond acceptors (Lipinski definition) is 4. The molecule has 0 fully saturated rings. The largest absolute Gasteiger partial charge is 0.481 e. The monoisotopic (exact) mass is 308 g/mol. The number of nitrogens with one attached hydrogen (secondary N) is 3. The van der Waals surface area contributed by atoms with Crippen LogP contribution in [0.25, 0.3) is 0 Å². The lowest BCUT2D eigenvalue weighted by Gasteiger charge is -2.06. The van der Waals surface area contributed by atoms with Crippen LogP contribution in [0.1, 0.15) is 32.6 Å². The summed E-state index contributed by atoms with van der Waals surface area (Å²) in [4.78, 5) is 9.00. The lowest BCUT2D eigenvalue weighted by atomic mass is 10.2. The van der Waals surface area contributed by atoms with Crippen LogP contribution in [0.3, 0.4) is 0 Å². The Kier molecular flexibility index (Phi) is 16.1. The smallest absolute Gasteiger partial charge is 0.300 e. The van der Waals surface area contributed by atoms with Crippen LogP contribution in [0.4, 0.5) is 0 Å². The molecule has 0 radical (unpaired) electrons. The van der Waals surface area contributed by atoms with E-state index in [4.69, 9.17) is 33.3 Å². The summed E-state index contributed by atoms with van der Waals surface area (Å²) in [7, 11) is 1.81. The van der Waals surface area contributed by atoms with Crippen LogP contribution in [-0.4, -0.2) is 40.7 Å². The van der Waals surface area contributed by atoms with E-state index in [2.05, 4.69) is 10.6 Å². The van der Waals surface area contributed by atoms with Gasteiger partial charge in [-0.25, -0.2) is 0 Å². The Morgan fingerprint density at radius 1 is 1.37 bits per heavy atom. The first-order valence-electron chi connectivity index (χ1n) is 6.02. The number of carbonyl (C=O) groups is 1. The molecule has 0 atom stereocenters. The van der Waals surface area contributed by atoms with Crippen LogP contribution >= 0.6 is 24.0 Å². The summed E-state index contributed by atoms with van der Waals surface area (Å²) in [6, 6.07) is 0. The topological polar surface area (TPSA) is 111 Å². The van der Waals surface area contributed by atoms with Crippen LogP contribution in [-0.2, 0) is 4.79 Å². The van der Waals surface area contributed by atoms with E-state index in [1.54, 1.807) is 0 Å². The summed E-state index contributed by atoms with van der Waals surface area (Å²) in [5.41, 5.74) is 5.22. The minimum Gasteiger partial charge on any atom is -0.481 e. The molecule has 0 unspecified atom stereocenters. The number of thioether (sulfide) groups is 1. The molecule has 6 nitrogen and oxygen atoms in total. The number of carboxylic acids is 1. The Morgan fingerprint density at radius 2 is 1.89 bits per heavy atom. The van der Waals surface area contributed by atoms with Crippen molar-refractivity contribution in [2.45, 2.75) is 32.6 Å². The molecule has 19 heavy (non-hydrogen) atoms. The summed E-state index contributed by atoms with van der Waals surface area (Å²) in [5.74, 6) is 0.123. The van der Waals surface area contributed by atoms with Gasteiger partial charge in [-0.3, -0.25) is 10.2 Å². The standard InChI is InChI=1S/C9H20N4S2.C2H4O2/c1-12-9(14)13-6-4-2-3-5-7-15-8(10)11;1-2(3)4/h2-7H2,1H3,(H3,10,11)(H2,12,13,14);1H3,(H,3,4). The fourth-order valence-corrected chi connectivity index (χ4v) is 1.72. The van der Waals surface area contributed by atoms with Gasteiger partial charge >= 0.3 is 0 Å². The predicted molar refractivity (Wildman–Crippen MR) is 85.8 cm³/mol. The Balaban J connectivity index is 0. The van der Waals surface area contributed by atoms with Crippen molar-refractivity contribution >= 4 is 40.2 Å². The zero-order valence-corrected chi connectivity index (χ0v) is 13.1. The molecule has 8 heteroatoms. The van der Waals surface area contributed by atoms with E-state index in [0.717, 1.165) is 32.1 Å². The molecule has 0 saturated carbocycles. The lowest BCUT2D eigenvalue weighted by Crippen LogP contribution is -2.32. The summed E-state index contributed by atoms with van der Waals surface area (Å²) < 4.78 is 0. The van der Waals surface area contributed by atoms with Gasteiger partial charge in [-0.05, 0) is 25.1 Å². The highest BCUT2D eigenvalue weighted by atomic mass is 32.2. The Morgan fingerprint density at radius 3 is 2.37 bits per heavy atom. The van der Waals surface area contributed by atoms with Gasteiger partial charge in [-0.1, -0.05) is 24.6 Å². The van der Waals surface area contributed by atoms with Gasteiger partial charge in [0, 0.05) is 26.3 Å². The lowest BCUT2D eigenvalue weighted by molar-refractivity contribution is -0.134. The third-order valence-electron chi connectivity index (χ3n) is 1.84. The highest BCUT2D eigenvalue weighted by molar-refractivity contribution is 8.13. The second-order valence-electron chi connectivity index (χ2n) is 3.65. The van der Waals surface area contributed by atoms with Crippen molar-refractivity contribution in [1.29, 1.82) is 5.41 Å². The third-order valence-corrected chi connectivity index (χ3v) is 2.99. The molecule has 0 rings (SSSR count). The molecule has 0 bridgehead atoms. The summed E-state index contributed by atoms with van der Waals surface area (Å²) in [6.45, 7) is 2.01. The van der Waals surface area contributed by atoms with Crippen LogP contribution in [0, 0.1) is 5.41 Å². The number of hydrogen-bond donors (Lipinski definition) is 5. The number of carboxylic acid groups (broad SMARTS) is 1. The number of aliphatic carboxylic acids is 1. The minimum absolute atomic E-state index is 0.219. The second-order valence-corrected chi connectivity index (χ2v) is 5.20. The van der Waals surface area contributed by atoms with Crippen molar-refractivity contribution in [3.8, 4) is 0 Å². The van der Waals surface area contributed by atoms with Gasteiger partial charge in [0.2, 0.25) is 0 Å². The minimum atomic E-state index is -0.833. The van der Waals surface area contributed by atoms with Crippen LogP contribution in [0.15, 0.2) is 0 Å². The van der Waals surface area contributed by atoms with Crippen molar-refractivity contribution in [3.05, 3.63) is 0 Å². The van der Waals surface area contributed by atoms with E-state index in [1.807, 2.05) is 7.05 Å². The van der Waals surface area contributed by atoms with Crippen LogP contribution in [0.2, 0.25) is 0 Å². The first-order chi connectivity index (χ1) is 8.90. The Hall–Kier alpha value is -1.02. The molecule has 0 aromatic heterocycles. The van der Waals surface area contributed by atoms with Gasteiger partial charge in [0.25, 0.3) is 5.97 Å². The zero-order chi connectivity index (χ0) is 15.1. The molecule has 0 amide bonds. The summed E-state index contributed by atoms with van der Waals surface area (Å²) in [6.07, 6.45) is 4.64. The predicted octanol–water partition coefficient (Wildman–Crippen LogP) is 1.36. The van der Waals surface area contributed by atoms with Gasteiger partial charge in [-0.2, -0.15) is 0 Å². The maximum absolute atomic E-state index is 9.00. The number of nitrogens with two attached hydrogens (primary N) is 1. The number of amidine groups is 1. The van der Waals surface area contributed by atoms with Gasteiger partial charge in [-0.15, -0.1) is 0 Å². The molecule has 6 N–H and O–H groups in total. The molecule has 0 aromatic carbocycles. The van der Waals surface area contributed by atoms with Crippen molar-refractivity contribution in [1.82, 2.24) is 10.6 Å². The van der Waals surface area contributed by atoms with Crippen molar-refractivity contribution in [3.63, 3.8) is 0 Å². The van der Waals surface area contributed by atoms with Crippen LogP contribution in [0.5, 0.6) is 0 Å². The fraction of sp³-hybridized carbons (Fsp3) is 0.727. The van der Waals surface area contributed by atoms with E-state index in [0.29, 0.717) is 5.11 Å². The van der Waals surface area contributed by atoms with Crippen molar-refractivity contribution in [2.24, 2.45) is 5.73 Å². The van der Waals surface area contributed by atoms with Gasteiger partial charge in [0.05, 0.1) is 0 Å². The molecular formula is C11H24N4O2S2. The molecule has 112 valence electrons. The van der Waals surface area contributed by atoms with Gasteiger partial charge in [0.1, 0.15) is 0 Å². The number of thiocarbonyl (C=S) groups is 1. The first-order valence-corrected chi connectivity index (χ1v) is 7.41. The van der Waals surface area contributed by atoms with Gasteiger partial charge in [0.15, 0.2) is 10.3 Å². The average molecular weight is 308 g/mol. The molecule has 0 saturated heterocycles. The quantitative estimate of drug-likeness (QED) is 0.209. The molecule has 0 spiro atoms. The first kappa shape index (κ1) is 20.3. The van der Waals surface area contributed by atoms with E-state index in [1.165, 1.54) is 24.6 Å². The summed E-state index contributed by atoms with van der Waals surface area (Å²) in [5, 5.41) is 21.3. The maximum atomic E-state index is 9.00. The maximum Gasteiger partial charge on any atom is 0.300 e. The Bertz CT molecular complexity index is 271. The number of rotatable bonds is 7. The molecular weight excluding hydrogens is 284 g/mol. The van der Waals surface area contributed by atoms with Crippen LogP contribution < -0.4 is 16.4 Å². The van der Waals surface area contributed by atoms with Gasteiger partial charge < -0.3 is 21.5 Å². The van der Waals surface area contributed by atoms with E-state index < -0.39 is 5.97 Å². The number of unbranched alkanes of at least 4 members (excludes halogenated alkanes) is 3. The zero-order valence-electron chi connectivity index (χ0n) is 11.5. The normalized spacial score (nSPS) is 8.95. The molecule has 0 aliphatic rings. The van der Waals surface area contributed by atoms with E-state index in [9.17, 15) is 0 Å². The SMILES string of the molecule is CC(=O)O.CNC(=S)NCCCCCCSC(=N)N. The molecule has 0 aliphatic carbocycles. The van der Waals surface area contributed by atoms with E-state index in [-0.39, 0.29) is 5.17 Å². The summed E-state index contributed by atoms with van der Waals surface area (Å²) >= 11 is 6.36. The highest BCUT2D eigenvalue weighted by Gasteiger charge is 1.94. The van der Waals surface area contributed by atoms with Crippen molar-refractivity contribution < 1.29 is 9.90 Å². The molecule has 0 aliphatic heterocycles. The van der Waals surface area contributed by atoms with Crippen molar-refractivity contribution in [2.75, 3.05) is 19.3 Å². The highest BCUT2D eigenvalue weighted by Crippen LogP contribution is 2.06. The Labute approximate surface area is 124 Å². The van der Waals surface area contributed by atoms with E-state index >= 15 is 0 Å². The molecule has 0 aromatic rings.